The first-order chi connectivity index (χ1) is 13.1. The number of benzene rings is 1. The minimum absolute atomic E-state index is 0.229. The van der Waals surface area contributed by atoms with Crippen LogP contribution in [0.3, 0.4) is 0 Å². The molecule has 27 heavy (non-hydrogen) atoms. The molecular formula is C18H17N5O2S2. The second kappa shape index (κ2) is 6.36. The molecule has 1 saturated heterocycles. The lowest BCUT2D eigenvalue weighted by molar-refractivity contribution is 0.316. The topological polar surface area (TPSA) is 91.8 Å². The summed E-state index contributed by atoms with van der Waals surface area (Å²) in [5, 5.41) is 9.57. The molecule has 138 valence electrons. The molecule has 0 unspecified atom stereocenters. The van der Waals surface area contributed by atoms with Crippen molar-refractivity contribution in [2.45, 2.75) is 23.7 Å². The van der Waals surface area contributed by atoms with E-state index in [-0.39, 0.29) is 5.92 Å². The number of H-pyrrole nitrogens is 1. The van der Waals surface area contributed by atoms with Crippen LogP contribution >= 0.6 is 11.3 Å². The highest BCUT2D eigenvalue weighted by Gasteiger charge is 2.31. The van der Waals surface area contributed by atoms with Gasteiger partial charge in [-0.05, 0) is 43.2 Å². The summed E-state index contributed by atoms with van der Waals surface area (Å²) in [6.45, 7) is 0.973. The Kier molecular flexibility index (Phi) is 3.96. The van der Waals surface area contributed by atoms with Crippen LogP contribution in [-0.2, 0) is 10.0 Å². The van der Waals surface area contributed by atoms with Crippen LogP contribution in [0.15, 0.2) is 46.9 Å². The van der Waals surface area contributed by atoms with Gasteiger partial charge in [-0.15, -0.1) is 16.4 Å². The van der Waals surface area contributed by atoms with Crippen LogP contribution in [-0.4, -0.2) is 46.0 Å². The number of hydrogen-bond acceptors (Lipinski definition) is 6. The van der Waals surface area contributed by atoms with Crippen molar-refractivity contribution >= 4 is 42.6 Å². The van der Waals surface area contributed by atoms with Crippen LogP contribution in [0.4, 0.5) is 0 Å². The van der Waals surface area contributed by atoms with Gasteiger partial charge >= 0.3 is 0 Å². The van der Waals surface area contributed by atoms with Crippen LogP contribution in [0.1, 0.15) is 24.5 Å². The highest BCUT2D eigenvalue weighted by Crippen LogP contribution is 2.31. The third-order valence-electron chi connectivity index (χ3n) is 5.14. The predicted molar refractivity (Wildman–Crippen MR) is 104 cm³/mol. The summed E-state index contributed by atoms with van der Waals surface area (Å²) in [6, 6.07) is 9.16. The SMILES string of the molecule is O=S(=O)(c1ccc2ncsc2c1)N1CCC(c2cc3cc[nH]c3nn2)CC1. The van der Waals surface area contributed by atoms with E-state index in [1.807, 2.05) is 18.3 Å². The third-order valence-corrected chi connectivity index (χ3v) is 7.82. The number of piperidine rings is 1. The van der Waals surface area contributed by atoms with Crippen LogP contribution in [0.2, 0.25) is 0 Å². The average Bonchev–Trinajstić information content (AvgIpc) is 3.35. The van der Waals surface area contributed by atoms with Crippen molar-refractivity contribution in [3.63, 3.8) is 0 Å². The van der Waals surface area contributed by atoms with Gasteiger partial charge in [-0.3, -0.25) is 0 Å². The molecule has 1 N–H and O–H groups in total. The number of fused-ring (bicyclic) bond motifs is 2. The van der Waals surface area contributed by atoms with Gasteiger partial charge in [-0.2, -0.15) is 9.40 Å². The van der Waals surface area contributed by atoms with Gasteiger partial charge in [0.15, 0.2) is 5.65 Å². The molecule has 9 heteroatoms. The Hall–Kier alpha value is -2.36. The third kappa shape index (κ3) is 2.91. The summed E-state index contributed by atoms with van der Waals surface area (Å²) in [4.78, 5) is 7.59. The van der Waals surface area contributed by atoms with Crippen LogP contribution < -0.4 is 0 Å². The normalized spacial score (nSPS) is 17.0. The summed E-state index contributed by atoms with van der Waals surface area (Å²) >= 11 is 1.45. The Bertz CT molecular complexity index is 1220. The zero-order valence-corrected chi connectivity index (χ0v) is 16.0. The molecule has 1 aromatic carbocycles. The number of thiazole rings is 1. The Labute approximate surface area is 160 Å². The van der Waals surface area contributed by atoms with E-state index in [1.54, 1.807) is 28.0 Å². The molecule has 0 radical (unpaired) electrons. The molecule has 1 aliphatic rings. The van der Waals surface area contributed by atoms with Crippen molar-refractivity contribution in [1.29, 1.82) is 0 Å². The van der Waals surface area contributed by atoms with Gasteiger partial charge < -0.3 is 4.98 Å². The molecule has 4 heterocycles. The summed E-state index contributed by atoms with van der Waals surface area (Å²) in [5.41, 5.74) is 4.27. The quantitative estimate of drug-likeness (QED) is 0.571. The van der Waals surface area contributed by atoms with Crippen molar-refractivity contribution in [2.75, 3.05) is 13.1 Å². The summed E-state index contributed by atoms with van der Waals surface area (Å²) in [6.07, 6.45) is 3.33. The van der Waals surface area contributed by atoms with Gasteiger partial charge in [-0.1, -0.05) is 0 Å². The van der Waals surface area contributed by atoms with E-state index in [2.05, 4.69) is 20.2 Å². The number of nitrogens with one attached hydrogen (secondary N) is 1. The van der Waals surface area contributed by atoms with Gasteiger partial charge in [0.25, 0.3) is 0 Å². The van der Waals surface area contributed by atoms with Gasteiger partial charge in [0.1, 0.15) is 0 Å². The maximum absolute atomic E-state index is 13.0. The summed E-state index contributed by atoms with van der Waals surface area (Å²) in [7, 11) is -3.49. The molecule has 0 atom stereocenters. The fourth-order valence-corrected chi connectivity index (χ4v) is 5.90. The Morgan fingerprint density at radius 1 is 1.11 bits per heavy atom. The first kappa shape index (κ1) is 16.8. The average molecular weight is 400 g/mol. The van der Waals surface area contributed by atoms with Crippen molar-refractivity contribution in [3.8, 4) is 0 Å². The fourth-order valence-electron chi connectivity index (χ4n) is 3.61. The molecule has 5 rings (SSSR count). The number of rotatable bonds is 3. The van der Waals surface area contributed by atoms with Crippen LogP contribution in [0.25, 0.3) is 21.3 Å². The Morgan fingerprint density at radius 3 is 2.81 bits per heavy atom. The van der Waals surface area contributed by atoms with Gasteiger partial charge in [0.2, 0.25) is 10.0 Å². The molecular weight excluding hydrogens is 382 g/mol. The first-order valence-electron chi connectivity index (χ1n) is 8.75. The van der Waals surface area contributed by atoms with E-state index < -0.39 is 10.0 Å². The van der Waals surface area contributed by atoms with Gasteiger partial charge in [0.05, 0.1) is 26.3 Å². The van der Waals surface area contributed by atoms with E-state index in [1.165, 1.54) is 11.3 Å². The molecule has 0 spiro atoms. The number of nitrogens with zero attached hydrogens (tertiary/aromatic N) is 4. The standard InChI is InChI=1S/C18H17N5O2S2/c24-27(25,14-1-2-15-17(10-14)26-11-20-15)23-7-4-12(5-8-23)16-9-13-3-6-19-18(13)22-21-16/h1-3,6,9-12H,4-5,7-8H2,(H,19,22). The minimum Gasteiger partial charge on any atom is -0.345 e. The Balaban J connectivity index is 1.35. The molecule has 1 fully saturated rings. The molecule has 0 bridgehead atoms. The first-order valence-corrected chi connectivity index (χ1v) is 11.1. The zero-order chi connectivity index (χ0) is 18.4. The molecule has 4 aromatic rings. The van der Waals surface area contributed by atoms with Crippen molar-refractivity contribution in [1.82, 2.24) is 24.5 Å². The van der Waals surface area contributed by atoms with Crippen molar-refractivity contribution < 1.29 is 8.42 Å². The molecule has 1 aliphatic heterocycles. The number of aromatic amines is 1. The lowest BCUT2D eigenvalue weighted by atomic mass is 9.94. The smallest absolute Gasteiger partial charge is 0.243 e. The maximum atomic E-state index is 13.0. The van der Waals surface area contributed by atoms with Crippen molar-refractivity contribution in [3.05, 3.63) is 47.7 Å². The minimum atomic E-state index is -3.49. The van der Waals surface area contributed by atoms with E-state index >= 15 is 0 Å². The second-order valence-electron chi connectivity index (χ2n) is 6.71. The number of aromatic nitrogens is 4. The van der Waals surface area contributed by atoms with E-state index in [0.717, 1.165) is 39.8 Å². The molecule has 0 saturated carbocycles. The lowest BCUT2D eigenvalue weighted by Gasteiger charge is -2.30. The number of hydrogen-bond donors (Lipinski definition) is 1. The van der Waals surface area contributed by atoms with E-state index in [4.69, 9.17) is 0 Å². The fraction of sp³-hybridized carbons (Fsp3) is 0.278. The maximum Gasteiger partial charge on any atom is 0.243 e. The highest BCUT2D eigenvalue weighted by molar-refractivity contribution is 7.89. The summed E-state index contributed by atoms with van der Waals surface area (Å²) in [5.74, 6) is 0.229. The molecule has 3 aromatic heterocycles. The molecule has 7 nitrogen and oxygen atoms in total. The zero-order valence-electron chi connectivity index (χ0n) is 14.4. The second-order valence-corrected chi connectivity index (χ2v) is 9.54. The van der Waals surface area contributed by atoms with E-state index in [9.17, 15) is 8.42 Å². The predicted octanol–water partition coefficient (Wildman–Crippen LogP) is 3.14. The lowest BCUT2D eigenvalue weighted by Crippen LogP contribution is -2.38. The van der Waals surface area contributed by atoms with Crippen LogP contribution in [0, 0.1) is 0 Å². The highest BCUT2D eigenvalue weighted by atomic mass is 32.2. The Morgan fingerprint density at radius 2 is 1.96 bits per heavy atom. The summed E-state index contributed by atoms with van der Waals surface area (Å²) < 4.78 is 28.5. The van der Waals surface area contributed by atoms with Crippen LogP contribution in [0.5, 0.6) is 0 Å². The molecule has 0 aliphatic carbocycles. The van der Waals surface area contributed by atoms with E-state index in [0.29, 0.717) is 18.0 Å². The van der Waals surface area contributed by atoms with Gasteiger partial charge in [0, 0.05) is 30.6 Å². The largest absolute Gasteiger partial charge is 0.345 e. The van der Waals surface area contributed by atoms with Crippen molar-refractivity contribution in [2.24, 2.45) is 0 Å². The molecule has 0 amide bonds. The monoisotopic (exact) mass is 399 g/mol. The number of sulfonamides is 1. The van der Waals surface area contributed by atoms with Gasteiger partial charge in [-0.25, -0.2) is 13.4 Å².